The molecule has 0 saturated heterocycles. The summed E-state index contributed by atoms with van der Waals surface area (Å²) in [6.07, 6.45) is 12.2. The number of hydrogen-bond donors (Lipinski definition) is 1. The van der Waals surface area contributed by atoms with Gasteiger partial charge in [0.2, 0.25) is 0 Å². The number of unbranched alkanes of at least 4 members (excludes halogenated alkanes) is 2. The van der Waals surface area contributed by atoms with E-state index >= 15 is 0 Å². The zero-order valence-corrected chi connectivity index (χ0v) is 43.1. The molecule has 226 valence electrons. The zero-order chi connectivity index (χ0) is 32.0. The van der Waals surface area contributed by atoms with Gasteiger partial charge >= 0.3 is 257 Å². The average molecular weight is 1550 g/mol. The number of allylic oxidation sites excluding steroid dienone is 1. The fourth-order valence-electron chi connectivity index (χ4n) is 0.558. The van der Waals surface area contributed by atoms with E-state index in [-0.39, 0.29) is 0 Å². The van der Waals surface area contributed by atoms with E-state index < -0.39 is 0 Å². The Morgan fingerprint density at radius 3 is 1.13 bits per heavy atom. The third-order valence-corrected chi connectivity index (χ3v) is 4.93. The molecular formula is C30H53NOW6-6. The summed E-state index contributed by atoms with van der Waals surface area (Å²) < 4.78 is 16.9. The Morgan fingerprint density at radius 1 is 0.658 bits per heavy atom. The quantitative estimate of drug-likeness (QED) is 0.232. The summed E-state index contributed by atoms with van der Waals surface area (Å²) in [5.41, 5.74) is 0. The molecule has 0 aromatic carbocycles. The van der Waals surface area contributed by atoms with E-state index in [0.29, 0.717) is 0 Å². The van der Waals surface area contributed by atoms with Crippen LogP contribution in [0.3, 0.4) is 0 Å². The molecule has 0 aliphatic carbocycles. The molecule has 0 atom stereocenters. The summed E-state index contributed by atoms with van der Waals surface area (Å²) in [7, 11) is 0. The Morgan fingerprint density at radius 2 is 0.974 bits per heavy atom. The molecule has 0 radical (unpaired) electrons. The van der Waals surface area contributed by atoms with Crippen molar-refractivity contribution >= 4 is 25.2 Å². The molecule has 38 heavy (non-hydrogen) atoms. The van der Waals surface area contributed by atoms with Gasteiger partial charge in [0.15, 0.2) is 0 Å². The molecule has 0 aromatic heterocycles. The van der Waals surface area contributed by atoms with Crippen molar-refractivity contribution < 1.29 is 121 Å². The maximum atomic E-state index is 5.21. The van der Waals surface area contributed by atoms with Crippen LogP contribution in [0, 0.1) is 19.7 Å². The second-order valence-electron chi connectivity index (χ2n) is 6.18. The van der Waals surface area contributed by atoms with Crippen LogP contribution in [0.25, 0.3) is 0 Å². The van der Waals surface area contributed by atoms with Gasteiger partial charge < -0.3 is 0 Å². The van der Waals surface area contributed by atoms with Gasteiger partial charge in [0.05, 0.1) is 0 Å². The molecule has 0 bridgehead atoms. The summed E-state index contributed by atoms with van der Waals surface area (Å²) in [6.45, 7) is 37.9. The van der Waals surface area contributed by atoms with E-state index in [4.69, 9.17) is 24.5 Å². The van der Waals surface area contributed by atoms with Gasteiger partial charge in [0.1, 0.15) is 0 Å². The van der Waals surface area contributed by atoms with Gasteiger partial charge in [-0.1, -0.05) is 53.4 Å². The Balaban J connectivity index is -0.0000000468. The van der Waals surface area contributed by atoms with Crippen molar-refractivity contribution in [1.29, 1.82) is 0 Å². The molecule has 0 aliphatic rings. The van der Waals surface area contributed by atoms with Crippen LogP contribution in [0.5, 0.6) is 0 Å². The monoisotopic (exact) mass is 1550 g/mol. The number of ether oxygens (including phenoxy) is 1. The van der Waals surface area contributed by atoms with E-state index in [0.717, 1.165) is 34.1 Å². The van der Waals surface area contributed by atoms with Crippen LogP contribution >= 0.6 is 0 Å². The molecule has 0 saturated carbocycles. The summed E-state index contributed by atoms with van der Waals surface area (Å²) in [4.78, 5) is 0. The normalized spacial score (nSPS) is 7.11. The molecule has 0 amide bonds. The molecule has 0 spiro atoms. The van der Waals surface area contributed by atoms with Gasteiger partial charge in [0, 0.05) is 0 Å². The van der Waals surface area contributed by atoms with Crippen molar-refractivity contribution in [2.45, 2.75) is 108 Å². The predicted molar refractivity (Wildman–Crippen MR) is 155 cm³/mol. The van der Waals surface area contributed by atoms with Gasteiger partial charge in [-0.2, -0.15) is 0 Å². The van der Waals surface area contributed by atoms with Crippen LogP contribution in [0.15, 0.2) is 18.2 Å². The minimum atomic E-state index is 0.784. The van der Waals surface area contributed by atoms with Crippen molar-refractivity contribution in [3.8, 4) is 0 Å². The molecular weight excluding hydrogens is 1490 g/mol. The molecule has 8 heteroatoms. The van der Waals surface area contributed by atoms with Gasteiger partial charge in [-0.15, -0.1) is 0 Å². The molecule has 0 aliphatic heterocycles. The van der Waals surface area contributed by atoms with Crippen molar-refractivity contribution in [2.24, 2.45) is 0 Å². The first-order valence-electron chi connectivity index (χ1n) is 12.4. The van der Waals surface area contributed by atoms with Crippen LogP contribution in [-0.2, 0) is 121 Å². The second kappa shape index (κ2) is 77.4. The standard InChI is InChI=1S/C6H10N.C6H9O.2C4H10.C4H5.3C2H3.6W/c2*1-3-5-7-6-4-2;3*1-3-4-2;3*1-2;;;;;;/h1,3,7H,4,6H2,2H3;1,3H,4,6H2,2H3;2*3-4H2,1-2H3;1,3H,2H3;3*1H3;;;;;;/q2*-1;;;4*-1;;;;;;. The van der Waals surface area contributed by atoms with Crippen molar-refractivity contribution in [3.05, 3.63) is 38.0 Å². The topological polar surface area (TPSA) is 21.3 Å². The fraction of sp³-hybridized carbons (Fsp3) is 0.600. The first-order chi connectivity index (χ1) is 18.0. The molecule has 0 fully saturated rings. The van der Waals surface area contributed by atoms with Gasteiger partial charge in [0.25, 0.3) is 0 Å². The summed E-state index contributed by atoms with van der Waals surface area (Å²) >= 11 is 8.40. The second-order valence-corrected chi connectivity index (χ2v) is 15.9. The minimum absolute atomic E-state index is 0.784. The maximum absolute atomic E-state index is 5.21. The van der Waals surface area contributed by atoms with E-state index in [2.05, 4.69) is 60.1 Å². The molecule has 1 N–H and O–H groups in total. The molecule has 0 rings (SSSR count). The Labute approximate surface area is 306 Å². The van der Waals surface area contributed by atoms with Gasteiger partial charge in [-0.3, -0.25) is 0 Å². The van der Waals surface area contributed by atoms with Crippen LogP contribution < -0.4 is 5.32 Å². The zero-order valence-electron chi connectivity index (χ0n) is 25.5. The Kier molecular flexibility index (Phi) is 122. The first-order valence-corrected chi connectivity index (χ1v) is 21.2. The Hall–Kier alpha value is 2.49. The van der Waals surface area contributed by atoms with Crippen molar-refractivity contribution in [3.63, 3.8) is 0 Å². The average Bonchev–Trinajstić information content (AvgIpc) is 2.92. The van der Waals surface area contributed by atoms with Crippen molar-refractivity contribution in [2.75, 3.05) is 13.2 Å². The molecule has 0 aromatic rings. The molecule has 0 unspecified atom stereocenters. The number of nitrogens with one attached hydrogen (secondary N) is 1. The van der Waals surface area contributed by atoms with E-state index in [9.17, 15) is 0 Å². The Bertz CT molecular complexity index is 475. The summed E-state index contributed by atoms with van der Waals surface area (Å²) in [5, 5.41) is 3.16. The summed E-state index contributed by atoms with van der Waals surface area (Å²) in [6, 6.07) is 0. The van der Waals surface area contributed by atoms with Crippen LogP contribution in [-0.4, -0.2) is 38.4 Å². The van der Waals surface area contributed by atoms with E-state index in [1.807, 2.05) is 27.7 Å². The number of hydrogen-bond acceptors (Lipinski definition) is 2. The van der Waals surface area contributed by atoms with E-state index in [1.54, 1.807) is 12.2 Å². The SMILES string of the molecule is CCCC.CCCC.C[C-]=[W].C[C-]=[W].C[C-]=[W].[CH-]=C[C](=[W])NCCC.[CH-]=C[C](=[W])OCCC.[CH-]=C[C](C)=[W]. The fourth-order valence-corrected chi connectivity index (χ4v) is 1.22. The van der Waals surface area contributed by atoms with Crippen LogP contribution in [0.4, 0.5) is 0 Å². The van der Waals surface area contributed by atoms with Gasteiger partial charge in [-0.25, -0.2) is 0 Å². The van der Waals surface area contributed by atoms with Crippen LogP contribution in [0.1, 0.15) is 108 Å². The van der Waals surface area contributed by atoms with Crippen molar-refractivity contribution in [1.82, 2.24) is 5.32 Å². The third-order valence-electron chi connectivity index (χ3n) is 2.52. The first kappa shape index (κ1) is 59.8. The molecule has 0 heterocycles. The van der Waals surface area contributed by atoms with Gasteiger partial charge in [-0.05, 0) is 0 Å². The summed E-state index contributed by atoms with van der Waals surface area (Å²) in [5.74, 6) is 0. The van der Waals surface area contributed by atoms with E-state index in [1.165, 1.54) is 152 Å². The number of rotatable bonds is 11. The molecule has 2 nitrogen and oxygen atoms in total. The van der Waals surface area contributed by atoms with Crippen LogP contribution in [0.2, 0.25) is 0 Å². The third kappa shape index (κ3) is 158. The predicted octanol–water partition coefficient (Wildman–Crippen LogP) is 6.76.